The van der Waals surface area contributed by atoms with Crippen LogP contribution in [0.3, 0.4) is 0 Å². The fourth-order valence-electron chi connectivity index (χ4n) is 6.61. The second kappa shape index (κ2) is 12.4. The van der Waals surface area contributed by atoms with Crippen molar-refractivity contribution in [3.63, 3.8) is 0 Å². The Morgan fingerprint density at radius 3 is 2.58 bits per heavy atom. The van der Waals surface area contributed by atoms with E-state index in [9.17, 15) is 4.79 Å². The number of hydrogen-bond acceptors (Lipinski definition) is 7. The molecule has 1 saturated carbocycles. The van der Waals surface area contributed by atoms with Crippen molar-refractivity contribution in [2.24, 2.45) is 0 Å². The molecule has 3 aliphatic rings. The Labute approximate surface area is 251 Å². The van der Waals surface area contributed by atoms with Gasteiger partial charge in [-0.25, -0.2) is 23.7 Å². The summed E-state index contributed by atoms with van der Waals surface area (Å²) < 4.78 is 30.4. The van der Waals surface area contributed by atoms with Crippen LogP contribution in [-0.2, 0) is 17.8 Å². The van der Waals surface area contributed by atoms with Crippen LogP contribution in [0.1, 0.15) is 62.3 Å². The number of amides is 1. The number of benzene rings is 1. The third-order valence-electron chi connectivity index (χ3n) is 8.88. The number of hydrogen-bond donors (Lipinski definition) is 1. The van der Waals surface area contributed by atoms with Crippen LogP contribution < -0.4 is 10.2 Å². The van der Waals surface area contributed by atoms with Gasteiger partial charge in [-0.3, -0.25) is 9.69 Å². The number of carbonyl (C=O) groups is 1. The minimum Gasteiger partial charge on any atom is -0.343 e. The zero-order valence-corrected chi connectivity index (χ0v) is 25.0. The third-order valence-corrected chi connectivity index (χ3v) is 8.88. The number of rotatable bonds is 8. The van der Waals surface area contributed by atoms with Gasteiger partial charge in [0.1, 0.15) is 17.3 Å². The molecule has 43 heavy (non-hydrogen) atoms. The summed E-state index contributed by atoms with van der Waals surface area (Å²) in [5.41, 5.74) is 4.41. The van der Waals surface area contributed by atoms with Gasteiger partial charge in [-0.1, -0.05) is 25.5 Å². The monoisotopic (exact) mass is 587 g/mol. The van der Waals surface area contributed by atoms with Gasteiger partial charge in [0.2, 0.25) is 11.9 Å². The number of aromatic nitrogens is 3. The summed E-state index contributed by atoms with van der Waals surface area (Å²) in [4.78, 5) is 32.2. The Balaban J connectivity index is 1.21. The maximum atomic E-state index is 15.3. The standard InChI is InChI=1S/C33H39F2N7O/c1-21(2)42(25-8-4-5-9-25)29-17-24(16-26(34)22(29)3)32-27(35)18-36-33(39-32)38-30-11-10-23-19-40(15-12-28(23)37-30)20-31(43)41-13-6-7-14-41/h10-11,16-18,25H,1,4-9,12-15,19-20H2,2-3H3,(H,36,37,38,39). The maximum Gasteiger partial charge on any atom is 0.236 e. The van der Waals surface area contributed by atoms with Crippen LogP contribution in [0.5, 0.6) is 0 Å². The van der Waals surface area contributed by atoms with Crippen LogP contribution in [-0.4, -0.2) is 62.9 Å². The Bertz CT molecular complexity index is 1530. The lowest BCUT2D eigenvalue weighted by molar-refractivity contribution is -0.131. The van der Waals surface area contributed by atoms with Gasteiger partial charge in [0.25, 0.3) is 0 Å². The van der Waals surface area contributed by atoms with Gasteiger partial charge in [-0.15, -0.1) is 0 Å². The van der Waals surface area contributed by atoms with Gasteiger partial charge in [0, 0.05) is 66.8 Å². The largest absolute Gasteiger partial charge is 0.343 e. The second-order valence-electron chi connectivity index (χ2n) is 12.0. The van der Waals surface area contributed by atoms with Crippen molar-refractivity contribution in [2.45, 2.75) is 71.4 Å². The molecule has 1 aliphatic carbocycles. The molecule has 0 radical (unpaired) electrons. The van der Waals surface area contributed by atoms with Crippen LogP contribution >= 0.6 is 0 Å². The van der Waals surface area contributed by atoms with Gasteiger partial charge < -0.3 is 15.1 Å². The topological polar surface area (TPSA) is 77.5 Å². The van der Waals surface area contributed by atoms with E-state index in [4.69, 9.17) is 4.98 Å². The first kappa shape index (κ1) is 29.2. The first-order valence-corrected chi connectivity index (χ1v) is 15.3. The smallest absolute Gasteiger partial charge is 0.236 e. The highest BCUT2D eigenvalue weighted by molar-refractivity contribution is 5.78. The normalized spacial score (nSPS) is 17.3. The molecule has 0 atom stereocenters. The number of carbonyl (C=O) groups excluding carboxylic acids is 1. The Morgan fingerprint density at radius 2 is 1.84 bits per heavy atom. The molecule has 8 nitrogen and oxygen atoms in total. The van der Waals surface area contributed by atoms with Gasteiger partial charge in [0.15, 0.2) is 5.82 Å². The van der Waals surface area contributed by atoms with Gasteiger partial charge in [-0.05, 0) is 63.3 Å². The van der Waals surface area contributed by atoms with Crippen molar-refractivity contribution in [3.05, 3.63) is 71.2 Å². The number of fused-ring (bicyclic) bond motifs is 1. The molecule has 0 spiro atoms. The van der Waals surface area contributed by atoms with Crippen molar-refractivity contribution < 1.29 is 13.6 Å². The highest BCUT2D eigenvalue weighted by Crippen LogP contribution is 2.37. The summed E-state index contributed by atoms with van der Waals surface area (Å²) in [5.74, 6) is -0.139. The zero-order valence-electron chi connectivity index (χ0n) is 25.0. The Kier molecular flexibility index (Phi) is 8.38. The Hall–Kier alpha value is -3.92. The molecule has 3 aromatic rings. The molecule has 226 valence electrons. The molecule has 0 bridgehead atoms. The summed E-state index contributed by atoms with van der Waals surface area (Å²) in [6.45, 7) is 11.4. The number of anilines is 3. The minimum absolute atomic E-state index is 0.0157. The molecule has 0 unspecified atom stereocenters. The van der Waals surface area contributed by atoms with E-state index >= 15 is 8.78 Å². The lowest BCUT2D eigenvalue weighted by Crippen LogP contribution is -2.41. The van der Waals surface area contributed by atoms with E-state index in [0.29, 0.717) is 35.7 Å². The molecular formula is C33H39F2N7O. The third kappa shape index (κ3) is 6.25. The molecule has 6 rings (SSSR count). The first-order valence-electron chi connectivity index (χ1n) is 15.3. The molecule has 1 saturated heterocycles. The van der Waals surface area contributed by atoms with Crippen LogP contribution in [0.15, 0.2) is 42.7 Å². The minimum atomic E-state index is -0.635. The summed E-state index contributed by atoms with van der Waals surface area (Å²) >= 11 is 0. The summed E-state index contributed by atoms with van der Waals surface area (Å²) in [7, 11) is 0. The molecule has 2 fully saturated rings. The second-order valence-corrected chi connectivity index (χ2v) is 12.0. The number of pyridine rings is 1. The first-order chi connectivity index (χ1) is 20.8. The van der Waals surface area contributed by atoms with Crippen LogP contribution in [0.25, 0.3) is 11.3 Å². The summed E-state index contributed by atoms with van der Waals surface area (Å²) in [5, 5.41) is 3.11. The quantitative estimate of drug-likeness (QED) is 0.340. The van der Waals surface area contributed by atoms with Crippen molar-refractivity contribution in [3.8, 4) is 11.3 Å². The van der Waals surface area contributed by atoms with E-state index in [1.54, 1.807) is 13.0 Å². The zero-order chi connectivity index (χ0) is 30.1. The Morgan fingerprint density at radius 1 is 1.07 bits per heavy atom. The highest BCUT2D eigenvalue weighted by atomic mass is 19.1. The van der Waals surface area contributed by atoms with Crippen molar-refractivity contribution in [1.29, 1.82) is 0 Å². The molecule has 1 amide bonds. The number of nitrogens with zero attached hydrogens (tertiary/aromatic N) is 6. The lowest BCUT2D eigenvalue weighted by Gasteiger charge is -2.33. The van der Waals surface area contributed by atoms with Gasteiger partial charge >= 0.3 is 0 Å². The van der Waals surface area contributed by atoms with Crippen molar-refractivity contribution in [2.75, 3.05) is 36.4 Å². The van der Waals surface area contributed by atoms with E-state index in [1.165, 1.54) is 6.07 Å². The SMILES string of the molecule is C=C(C)N(c1cc(-c2nc(Nc3ccc4c(n3)CCN(CC(=O)N3CCCC3)C4)ncc2F)cc(F)c1C)C1CCCC1. The maximum absolute atomic E-state index is 15.3. The van der Waals surface area contributed by atoms with Crippen LogP contribution in [0.2, 0.25) is 0 Å². The molecule has 2 aliphatic heterocycles. The van der Waals surface area contributed by atoms with E-state index in [2.05, 4.69) is 31.7 Å². The molecule has 2 aromatic heterocycles. The number of halogens is 2. The number of allylic oxidation sites excluding steroid dienone is 1. The summed E-state index contributed by atoms with van der Waals surface area (Å²) in [6, 6.07) is 7.21. The van der Waals surface area contributed by atoms with Crippen LogP contribution in [0.4, 0.5) is 26.2 Å². The molecular weight excluding hydrogens is 548 g/mol. The molecule has 10 heteroatoms. The summed E-state index contributed by atoms with van der Waals surface area (Å²) in [6.07, 6.45) is 8.27. The van der Waals surface area contributed by atoms with E-state index in [1.807, 2.05) is 24.0 Å². The van der Waals surface area contributed by atoms with E-state index in [-0.39, 0.29) is 23.6 Å². The van der Waals surface area contributed by atoms with Crippen molar-refractivity contribution >= 4 is 23.4 Å². The highest BCUT2D eigenvalue weighted by Gasteiger charge is 2.27. The molecule has 1 aromatic carbocycles. The number of likely N-dealkylation sites (tertiary alicyclic amines) is 1. The molecule has 4 heterocycles. The van der Waals surface area contributed by atoms with E-state index < -0.39 is 11.6 Å². The van der Waals surface area contributed by atoms with E-state index in [0.717, 1.165) is 87.7 Å². The molecule has 1 N–H and O–H groups in total. The predicted octanol–water partition coefficient (Wildman–Crippen LogP) is 6.13. The number of nitrogens with one attached hydrogen (secondary N) is 1. The predicted molar refractivity (Wildman–Crippen MR) is 164 cm³/mol. The fraction of sp³-hybridized carbons (Fsp3) is 0.455. The average molecular weight is 588 g/mol. The lowest BCUT2D eigenvalue weighted by atomic mass is 10.0. The fourth-order valence-corrected chi connectivity index (χ4v) is 6.61. The van der Waals surface area contributed by atoms with Crippen LogP contribution in [0, 0.1) is 18.6 Å². The van der Waals surface area contributed by atoms with Gasteiger partial charge in [0.05, 0.1) is 12.7 Å². The average Bonchev–Trinajstić information content (AvgIpc) is 3.72. The van der Waals surface area contributed by atoms with Crippen molar-refractivity contribution in [1.82, 2.24) is 24.8 Å². The van der Waals surface area contributed by atoms with Gasteiger partial charge in [-0.2, -0.15) is 0 Å².